The zero-order valence-corrected chi connectivity index (χ0v) is 21.4. The van der Waals surface area contributed by atoms with Gasteiger partial charge in [-0.25, -0.2) is 9.67 Å². The average Bonchev–Trinajstić information content (AvgIpc) is 3.56. The number of nitrogens with one attached hydrogen (secondary N) is 1. The molecule has 0 saturated carbocycles. The number of hydrogen-bond donors (Lipinski definition) is 1. The monoisotopic (exact) mass is 499 g/mol. The van der Waals surface area contributed by atoms with E-state index in [2.05, 4.69) is 47.7 Å². The van der Waals surface area contributed by atoms with Gasteiger partial charge >= 0.3 is 0 Å². The Morgan fingerprint density at radius 2 is 1.97 bits per heavy atom. The number of ketones is 1. The van der Waals surface area contributed by atoms with Crippen molar-refractivity contribution in [1.82, 2.24) is 35.4 Å². The normalized spacial score (nSPS) is 17.4. The Bertz CT molecular complexity index is 1530. The SMILES string of the molecule is CC1=C(C(=O)Cc2ccc3[nH]nc(-c4ccnc(N5CCOCC5)c4)c3c2)C(C)(C)n2nnnc2N1C. The second-order valence-electron chi connectivity index (χ2n) is 10.0. The predicted octanol–water partition coefficient (Wildman–Crippen LogP) is 2.72. The molecule has 0 radical (unpaired) electrons. The summed E-state index contributed by atoms with van der Waals surface area (Å²) in [6, 6.07) is 10.1. The molecule has 190 valence electrons. The number of rotatable bonds is 5. The van der Waals surface area contributed by atoms with Gasteiger partial charge in [0, 0.05) is 55.0 Å². The van der Waals surface area contributed by atoms with Crippen LogP contribution in [0.3, 0.4) is 0 Å². The molecule has 0 aliphatic carbocycles. The Kier molecular flexibility index (Phi) is 5.52. The number of tetrazole rings is 1. The Hall–Kier alpha value is -4.12. The maximum Gasteiger partial charge on any atom is 0.250 e. The molecule has 4 aromatic rings. The summed E-state index contributed by atoms with van der Waals surface area (Å²) in [6.45, 7) is 8.93. The molecule has 0 bridgehead atoms. The molecule has 0 spiro atoms. The molecule has 0 unspecified atom stereocenters. The highest BCUT2D eigenvalue weighted by Crippen LogP contribution is 2.38. The lowest BCUT2D eigenvalue weighted by molar-refractivity contribution is -0.116. The lowest BCUT2D eigenvalue weighted by Gasteiger charge is -2.37. The van der Waals surface area contributed by atoms with Gasteiger partial charge in [0.15, 0.2) is 5.78 Å². The van der Waals surface area contributed by atoms with E-state index in [1.165, 1.54) is 0 Å². The minimum atomic E-state index is -0.662. The van der Waals surface area contributed by atoms with Crippen molar-refractivity contribution in [3.8, 4) is 11.3 Å². The quantitative estimate of drug-likeness (QED) is 0.442. The van der Waals surface area contributed by atoms with Crippen LogP contribution in [0.2, 0.25) is 0 Å². The van der Waals surface area contributed by atoms with E-state index < -0.39 is 5.54 Å². The Morgan fingerprint density at radius 3 is 2.78 bits per heavy atom. The standard InChI is InChI=1S/C26H29N9O2/c1-16-23(26(2,3)35-25(33(16)4)30-31-32-35)21(36)14-17-5-6-20-19(13-17)24(29-28-20)18-7-8-27-22(15-18)34-9-11-37-12-10-34/h5-8,13,15H,9-12,14H2,1-4H3,(H,28,29). The summed E-state index contributed by atoms with van der Waals surface area (Å²) in [6.07, 6.45) is 2.08. The fourth-order valence-electron chi connectivity index (χ4n) is 5.36. The largest absolute Gasteiger partial charge is 0.378 e. The van der Waals surface area contributed by atoms with Crippen molar-refractivity contribution in [2.75, 3.05) is 43.2 Å². The van der Waals surface area contributed by atoms with Gasteiger partial charge in [-0.3, -0.25) is 9.89 Å². The van der Waals surface area contributed by atoms with Crippen molar-refractivity contribution < 1.29 is 9.53 Å². The van der Waals surface area contributed by atoms with Gasteiger partial charge in [-0.15, -0.1) is 0 Å². The number of carbonyl (C=O) groups excluding carboxylic acids is 1. The van der Waals surface area contributed by atoms with Crippen molar-refractivity contribution >= 4 is 28.5 Å². The van der Waals surface area contributed by atoms with Crippen molar-refractivity contribution in [2.24, 2.45) is 0 Å². The van der Waals surface area contributed by atoms with E-state index in [0.717, 1.165) is 52.3 Å². The number of aromatic amines is 1. The molecular formula is C26H29N9O2. The van der Waals surface area contributed by atoms with Crippen molar-refractivity contribution in [1.29, 1.82) is 0 Å². The van der Waals surface area contributed by atoms with E-state index in [4.69, 9.17) is 4.74 Å². The van der Waals surface area contributed by atoms with Gasteiger partial charge < -0.3 is 14.5 Å². The number of ether oxygens (including phenoxy) is 1. The van der Waals surface area contributed by atoms with Crippen LogP contribution in [0.25, 0.3) is 22.2 Å². The van der Waals surface area contributed by atoms with E-state index in [9.17, 15) is 4.79 Å². The van der Waals surface area contributed by atoms with Gasteiger partial charge in [-0.1, -0.05) is 11.2 Å². The number of allylic oxidation sites excluding steroid dienone is 2. The van der Waals surface area contributed by atoms with E-state index >= 15 is 0 Å². The summed E-state index contributed by atoms with van der Waals surface area (Å²) in [5.74, 6) is 1.58. The van der Waals surface area contributed by atoms with Crippen LogP contribution >= 0.6 is 0 Å². The van der Waals surface area contributed by atoms with E-state index in [1.807, 2.05) is 57.1 Å². The zero-order valence-electron chi connectivity index (χ0n) is 21.4. The first-order chi connectivity index (χ1) is 17.8. The summed E-state index contributed by atoms with van der Waals surface area (Å²) in [4.78, 5) is 22.4. The van der Waals surface area contributed by atoms with Crippen molar-refractivity contribution in [2.45, 2.75) is 32.7 Å². The molecule has 11 heteroatoms. The van der Waals surface area contributed by atoms with Gasteiger partial charge in [0.25, 0.3) is 0 Å². The summed E-state index contributed by atoms with van der Waals surface area (Å²) >= 11 is 0. The maximum atomic E-state index is 13.7. The number of anilines is 2. The number of fused-ring (bicyclic) bond motifs is 2. The molecule has 2 aliphatic rings. The van der Waals surface area contributed by atoms with Crippen LogP contribution in [-0.2, 0) is 21.5 Å². The number of benzene rings is 1. The first-order valence-corrected chi connectivity index (χ1v) is 12.4. The molecule has 1 N–H and O–H groups in total. The maximum absolute atomic E-state index is 13.7. The Morgan fingerprint density at radius 1 is 1.16 bits per heavy atom. The van der Waals surface area contributed by atoms with Crippen LogP contribution in [0, 0.1) is 0 Å². The highest BCUT2D eigenvalue weighted by Gasteiger charge is 2.41. The fourth-order valence-corrected chi connectivity index (χ4v) is 5.36. The van der Waals surface area contributed by atoms with E-state index in [1.54, 1.807) is 4.68 Å². The molecule has 1 fully saturated rings. The van der Waals surface area contributed by atoms with Crippen LogP contribution < -0.4 is 9.80 Å². The topological polar surface area (TPSA) is 118 Å². The number of H-pyrrole nitrogens is 1. The number of hydrogen-bond acceptors (Lipinski definition) is 9. The second-order valence-corrected chi connectivity index (χ2v) is 10.0. The highest BCUT2D eigenvalue weighted by molar-refractivity contribution is 6.01. The summed E-state index contributed by atoms with van der Waals surface area (Å²) in [5.41, 5.74) is 4.55. The third-order valence-corrected chi connectivity index (χ3v) is 7.38. The van der Waals surface area contributed by atoms with Crippen LogP contribution in [0.5, 0.6) is 0 Å². The third-order valence-electron chi connectivity index (χ3n) is 7.38. The minimum Gasteiger partial charge on any atom is -0.378 e. The number of nitrogens with zero attached hydrogens (tertiary/aromatic N) is 8. The number of morpholine rings is 1. The average molecular weight is 500 g/mol. The molecule has 5 heterocycles. The van der Waals surface area contributed by atoms with Crippen LogP contribution in [0.4, 0.5) is 11.8 Å². The first kappa shape index (κ1) is 23.3. The number of carbonyl (C=O) groups is 1. The lowest BCUT2D eigenvalue weighted by atomic mass is 9.85. The van der Waals surface area contributed by atoms with Gasteiger partial charge in [0.05, 0.1) is 24.3 Å². The molecule has 2 aliphatic heterocycles. The van der Waals surface area contributed by atoms with Crippen LogP contribution in [-0.4, -0.2) is 74.5 Å². The number of Topliss-reactive ketones (excluding diaryl/α,β-unsaturated/α-hetero) is 1. The summed E-state index contributed by atoms with van der Waals surface area (Å²) in [7, 11) is 1.88. The van der Waals surface area contributed by atoms with Crippen molar-refractivity contribution in [3.05, 3.63) is 53.4 Å². The van der Waals surface area contributed by atoms with Gasteiger partial charge in [0.2, 0.25) is 5.95 Å². The van der Waals surface area contributed by atoms with E-state index in [0.29, 0.717) is 24.7 Å². The molecule has 0 amide bonds. The number of pyridine rings is 1. The summed E-state index contributed by atoms with van der Waals surface area (Å²) in [5, 5.41) is 20.8. The third kappa shape index (κ3) is 3.86. The molecule has 3 aromatic heterocycles. The predicted molar refractivity (Wildman–Crippen MR) is 139 cm³/mol. The Balaban J connectivity index is 1.32. The van der Waals surface area contributed by atoms with Crippen molar-refractivity contribution in [3.63, 3.8) is 0 Å². The lowest BCUT2D eigenvalue weighted by Crippen LogP contribution is -2.43. The fraction of sp³-hybridized carbons (Fsp3) is 0.385. The van der Waals surface area contributed by atoms with Crippen LogP contribution in [0.15, 0.2) is 47.8 Å². The Labute approximate surface area is 214 Å². The zero-order chi connectivity index (χ0) is 25.7. The molecule has 0 atom stereocenters. The molecule has 6 rings (SSSR count). The molecule has 1 aromatic carbocycles. The molecule has 1 saturated heterocycles. The van der Waals surface area contributed by atoms with Gasteiger partial charge in [-0.05, 0) is 61.0 Å². The molecular weight excluding hydrogens is 470 g/mol. The first-order valence-electron chi connectivity index (χ1n) is 12.4. The number of aromatic nitrogens is 7. The minimum absolute atomic E-state index is 0.0402. The van der Waals surface area contributed by atoms with Gasteiger partial charge in [-0.2, -0.15) is 5.10 Å². The smallest absolute Gasteiger partial charge is 0.250 e. The van der Waals surface area contributed by atoms with Crippen LogP contribution in [0.1, 0.15) is 26.3 Å². The summed E-state index contributed by atoms with van der Waals surface area (Å²) < 4.78 is 7.19. The molecule has 11 nitrogen and oxygen atoms in total. The van der Waals surface area contributed by atoms with E-state index in [-0.39, 0.29) is 12.2 Å². The highest BCUT2D eigenvalue weighted by atomic mass is 16.5. The molecule has 37 heavy (non-hydrogen) atoms. The van der Waals surface area contributed by atoms with Gasteiger partial charge in [0.1, 0.15) is 11.5 Å². The second kappa shape index (κ2) is 8.77.